The molecule has 0 saturated heterocycles. The van der Waals surface area contributed by atoms with Crippen molar-refractivity contribution in [2.24, 2.45) is 5.73 Å². The molecule has 2 N–H and O–H groups in total. The summed E-state index contributed by atoms with van der Waals surface area (Å²) in [7, 11) is 0. The van der Waals surface area contributed by atoms with Crippen LogP contribution in [0.5, 0.6) is 0 Å². The lowest BCUT2D eigenvalue weighted by Gasteiger charge is -1.99. The molecule has 0 aliphatic rings. The van der Waals surface area contributed by atoms with Crippen LogP contribution >= 0.6 is 0 Å². The first-order valence-corrected chi connectivity index (χ1v) is 5.83. The minimum atomic E-state index is 0.196. The largest absolute Gasteiger partial charge is 0.441 e. The normalized spacial score (nSPS) is 13.2. The van der Waals surface area contributed by atoms with Gasteiger partial charge in [0.2, 0.25) is 0 Å². The lowest BCUT2D eigenvalue weighted by atomic mass is 10.1. The van der Waals surface area contributed by atoms with Gasteiger partial charge in [-0.3, -0.25) is 0 Å². The van der Waals surface area contributed by atoms with Crippen molar-refractivity contribution in [1.29, 1.82) is 0 Å². The van der Waals surface area contributed by atoms with Crippen molar-refractivity contribution in [3.05, 3.63) is 29.7 Å². The third-order valence-electron chi connectivity index (χ3n) is 2.72. The van der Waals surface area contributed by atoms with E-state index in [1.54, 1.807) is 0 Å². The monoisotopic (exact) mass is 218 g/mol. The molecule has 16 heavy (non-hydrogen) atoms. The first-order chi connectivity index (χ1) is 7.69. The number of aromatic nitrogens is 1. The smallest absolute Gasteiger partial charge is 0.195 e. The summed E-state index contributed by atoms with van der Waals surface area (Å²) in [4.78, 5) is 4.47. The Labute approximate surface area is 95.7 Å². The molecular formula is C13H18N2O. The van der Waals surface area contributed by atoms with E-state index in [1.165, 1.54) is 5.56 Å². The molecule has 3 nitrogen and oxygen atoms in total. The Hall–Kier alpha value is -1.35. The van der Waals surface area contributed by atoms with Gasteiger partial charge in [0.25, 0.3) is 0 Å². The summed E-state index contributed by atoms with van der Waals surface area (Å²) in [5, 5.41) is 0. The van der Waals surface area contributed by atoms with Crippen LogP contribution in [0.4, 0.5) is 0 Å². The zero-order valence-corrected chi connectivity index (χ0v) is 9.86. The van der Waals surface area contributed by atoms with Crippen LogP contribution in [0.15, 0.2) is 22.6 Å². The number of oxazole rings is 1. The molecule has 2 aromatic rings. The number of hydrogen-bond donors (Lipinski definition) is 1. The van der Waals surface area contributed by atoms with Crippen LogP contribution in [0.25, 0.3) is 11.1 Å². The molecule has 1 aromatic carbocycles. The SMILES string of the molecule is CCc1ccc2oc(CCC(C)N)nc2c1. The summed E-state index contributed by atoms with van der Waals surface area (Å²) in [6, 6.07) is 6.37. The molecule has 0 spiro atoms. The van der Waals surface area contributed by atoms with Crippen LogP contribution in [-0.2, 0) is 12.8 Å². The van der Waals surface area contributed by atoms with Crippen LogP contribution in [0, 0.1) is 0 Å². The Morgan fingerprint density at radius 3 is 2.94 bits per heavy atom. The summed E-state index contributed by atoms with van der Waals surface area (Å²) in [6.45, 7) is 4.14. The van der Waals surface area contributed by atoms with Gasteiger partial charge < -0.3 is 10.2 Å². The summed E-state index contributed by atoms with van der Waals surface area (Å²) < 4.78 is 5.65. The molecule has 3 heteroatoms. The number of rotatable bonds is 4. The highest BCUT2D eigenvalue weighted by molar-refractivity contribution is 5.73. The lowest BCUT2D eigenvalue weighted by molar-refractivity contribution is 0.504. The maximum Gasteiger partial charge on any atom is 0.195 e. The second-order valence-corrected chi connectivity index (χ2v) is 4.28. The minimum Gasteiger partial charge on any atom is -0.441 e. The van der Waals surface area contributed by atoms with E-state index in [2.05, 4.69) is 24.0 Å². The van der Waals surface area contributed by atoms with Crippen LogP contribution in [-0.4, -0.2) is 11.0 Å². The van der Waals surface area contributed by atoms with Crippen molar-refractivity contribution in [1.82, 2.24) is 4.98 Å². The molecule has 0 saturated carbocycles. The van der Waals surface area contributed by atoms with Crippen molar-refractivity contribution >= 4 is 11.1 Å². The number of benzene rings is 1. The van der Waals surface area contributed by atoms with E-state index >= 15 is 0 Å². The highest BCUT2D eigenvalue weighted by Crippen LogP contribution is 2.18. The van der Waals surface area contributed by atoms with Gasteiger partial charge in [0, 0.05) is 12.5 Å². The van der Waals surface area contributed by atoms with Gasteiger partial charge in [-0.15, -0.1) is 0 Å². The van der Waals surface area contributed by atoms with Gasteiger partial charge in [-0.1, -0.05) is 13.0 Å². The average Bonchev–Trinajstić information content (AvgIpc) is 2.67. The zero-order chi connectivity index (χ0) is 11.5. The summed E-state index contributed by atoms with van der Waals surface area (Å²) in [6.07, 6.45) is 2.75. The fourth-order valence-electron chi connectivity index (χ4n) is 1.70. The van der Waals surface area contributed by atoms with Gasteiger partial charge in [0.05, 0.1) is 0 Å². The molecule has 86 valence electrons. The van der Waals surface area contributed by atoms with Crippen molar-refractivity contribution in [2.45, 2.75) is 39.2 Å². The third kappa shape index (κ3) is 2.42. The Morgan fingerprint density at radius 1 is 1.44 bits per heavy atom. The number of nitrogens with zero attached hydrogens (tertiary/aromatic N) is 1. The van der Waals surface area contributed by atoms with E-state index in [4.69, 9.17) is 10.2 Å². The fraction of sp³-hybridized carbons (Fsp3) is 0.462. The molecule has 1 atom stereocenters. The van der Waals surface area contributed by atoms with E-state index in [0.717, 1.165) is 36.3 Å². The van der Waals surface area contributed by atoms with E-state index in [-0.39, 0.29) is 6.04 Å². The van der Waals surface area contributed by atoms with Crippen LogP contribution < -0.4 is 5.73 Å². The van der Waals surface area contributed by atoms with Crippen LogP contribution in [0.1, 0.15) is 31.7 Å². The Morgan fingerprint density at radius 2 is 2.25 bits per heavy atom. The van der Waals surface area contributed by atoms with Gasteiger partial charge in [0.15, 0.2) is 11.5 Å². The second kappa shape index (κ2) is 4.66. The molecule has 0 radical (unpaired) electrons. The summed E-state index contributed by atoms with van der Waals surface area (Å²) in [5.41, 5.74) is 8.83. The topological polar surface area (TPSA) is 52.0 Å². The first-order valence-electron chi connectivity index (χ1n) is 5.83. The average molecular weight is 218 g/mol. The Balaban J connectivity index is 2.22. The maximum atomic E-state index is 5.71. The summed E-state index contributed by atoms with van der Waals surface area (Å²) >= 11 is 0. The predicted molar refractivity (Wildman–Crippen MR) is 65.4 cm³/mol. The fourth-order valence-corrected chi connectivity index (χ4v) is 1.70. The van der Waals surface area contributed by atoms with Gasteiger partial charge in [-0.2, -0.15) is 0 Å². The van der Waals surface area contributed by atoms with E-state index in [0.29, 0.717) is 0 Å². The number of hydrogen-bond acceptors (Lipinski definition) is 3. The zero-order valence-electron chi connectivity index (χ0n) is 9.86. The molecule has 1 unspecified atom stereocenters. The number of aryl methyl sites for hydroxylation is 2. The molecular weight excluding hydrogens is 200 g/mol. The second-order valence-electron chi connectivity index (χ2n) is 4.28. The van der Waals surface area contributed by atoms with Gasteiger partial charge in [-0.25, -0.2) is 4.98 Å². The van der Waals surface area contributed by atoms with E-state index < -0.39 is 0 Å². The van der Waals surface area contributed by atoms with Crippen LogP contribution in [0.2, 0.25) is 0 Å². The van der Waals surface area contributed by atoms with Crippen molar-refractivity contribution in [3.63, 3.8) is 0 Å². The molecule has 1 aromatic heterocycles. The molecule has 0 aliphatic carbocycles. The third-order valence-corrected chi connectivity index (χ3v) is 2.72. The number of fused-ring (bicyclic) bond motifs is 1. The van der Waals surface area contributed by atoms with Crippen LogP contribution in [0.3, 0.4) is 0 Å². The highest BCUT2D eigenvalue weighted by Gasteiger charge is 2.06. The van der Waals surface area contributed by atoms with Gasteiger partial charge >= 0.3 is 0 Å². The molecule has 0 bridgehead atoms. The first kappa shape index (κ1) is 11.1. The van der Waals surface area contributed by atoms with Crippen molar-refractivity contribution < 1.29 is 4.42 Å². The minimum absolute atomic E-state index is 0.196. The molecule has 0 amide bonds. The Bertz CT molecular complexity index is 474. The van der Waals surface area contributed by atoms with Crippen molar-refractivity contribution in [3.8, 4) is 0 Å². The number of nitrogens with two attached hydrogens (primary N) is 1. The van der Waals surface area contributed by atoms with Gasteiger partial charge in [0.1, 0.15) is 5.52 Å². The molecule has 2 rings (SSSR count). The van der Waals surface area contributed by atoms with E-state index in [9.17, 15) is 0 Å². The summed E-state index contributed by atoms with van der Waals surface area (Å²) in [5.74, 6) is 0.792. The van der Waals surface area contributed by atoms with Crippen molar-refractivity contribution in [2.75, 3.05) is 0 Å². The Kier molecular flexibility index (Phi) is 3.25. The maximum absolute atomic E-state index is 5.71. The molecule has 0 aliphatic heterocycles. The highest BCUT2D eigenvalue weighted by atomic mass is 16.3. The standard InChI is InChI=1S/C13H18N2O/c1-3-10-5-6-12-11(8-10)15-13(16-12)7-4-9(2)14/h5-6,8-9H,3-4,7,14H2,1-2H3. The lowest BCUT2D eigenvalue weighted by Crippen LogP contribution is -2.15. The molecule has 0 fully saturated rings. The quantitative estimate of drug-likeness (QED) is 0.858. The van der Waals surface area contributed by atoms with E-state index in [1.807, 2.05) is 13.0 Å². The van der Waals surface area contributed by atoms with Gasteiger partial charge in [-0.05, 0) is 37.5 Å². The predicted octanol–water partition coefficient (Wildman–Crippen LogP) is 2.67. The molecule has 1 heterocycles.